The molecule has 104 valence electrons. The maximum Gasteiger partial charge on any atom is 0.130 e. The van der Waals surface area contributed by atoms with Crippen LogP contribution in [0.1, 0.15) is 16.7 Å². The van der Waals surface area contributed by atoms with Crippen LogP contribution in [0.3, 0.4) is 0 Å². The van der Waals surface area contributed by atoms with Crippen molar-refractivity contribution in [2.24, 2.45) is 0 Å². The topological polar surface area (TPSA) is 23.5 Å². The SMILES string of the molecule is OCc1c(F)cccc1N1CCc2ccccc2CC1. The van der Waals surface area contributed by atoms with Crippen LogP contribution in [0, 0.1) is 5.82 Å². The molecule has 2 aromatic rings. The van der Waals surface area contributed by atoms with Crippen molar-refractivity contribution in [2.75, 3.05) is 18.0 Å². The van der Waals surface area contributed by atoms with E-state index in [0.29, 0.717) is 5.56 Å². The van der Waals surface area contributed by atoms with E-state index in [-0.39, 0.29) is 12.4 Å². The molecule has 0 radical (unpaired) electrons. The van der Waals surface area contributed by atoms with Crippen molar-refractivity contribution in [2.45, 2.75) is 19.4 Å². The third-order valence-electron chi connectivity index (χ3n) is 4.01. The van der Waals surface area contributed by atoms with Crippen LogP contribution in [0.2, 0.25) is 0 Å². The summed E-state index contributed by atoms with van der Waals surface area (Å²) in [6.45, 7) is 1.45. The molecule has 1 heterocycles. The van der Waals surface area contributed by atoms with Gasteiger partial charge in [0.2, 0.25) is 0 Å². The summed E-state index contributed by atoms with van der Waals surface area (Å²) in [7, 11) is 0. The Morgan fingerprint density at radius 3 is 2.20 bits per heavy atom. The highest BCUT2D eigenvalue weighted by atomic mass is 19.1. The number of nitrogens with zero attached hydrogens (tertiary/aromatic N) is 1. The number of rotatable bonds is 2. The fourth-order valence-electron chi connectivity index (χ4n) is 2.91. The Morgan fingerprint density at radius 2 is 1.60 bits per heavy atom. The second-order valence-corrected chi connectivity index (χ2v) is 5.15. The molecule has 3 rings (SSSR count). The molecule has 1 aliphatic rings. The summed E-state index contributed by atoms with van der Waals surface area (Å²) < 4.78 is 13.8. The summed E-state index contributed by atoms with van der Waals surface area (Å²) in [5.74, 6) is -0.327. The van der Waals surface area contributed by atoms with Gasteiger partial charge in [-0.05, 0) is 36.1 Å². The fourth-order valence-corrected chi connectivity index (χ4v) is 2.91. The van der Waals surface area contributed by atoms with Crippen LogP contribution < -0.4 is 4.90 Å². The van der Waals surface area contributed by atoms with Gasteiger partial charge in [-0.25, -0.2) is 4.39 Å². The second-order valence-electron chi connectivity index (χ2n) is 5.15. The number of hydrogen-bond donors (Lipinski definition) is 1. The summed E-state index contributed by atoms with van der Waals surface area (Å²) in [6.07, 6.45) is 1.91. The molecule has 0 unspecified atom stereocenters. The smallest absolute Gasteiger partial charge is 0.130 e. The lowest BCUT2D eigenvalue weighted by Crippen LogP contribution is -2.27. The summed E-state index contributed by atoms with van der Waals surface area (Å²) in [5, 5.41) is 9.41. The lowest BCUT2D eigenvalue weighted by molar-refractivity contribution is 0.276. The van der Waals surface area contributed by atoms with E-state index in [1.54, 1.807) is 6.07 Å². The Kier molecular flexibility index (Phi) is 3.70. The number of hydrogen-bond acceptors (Lipinski definition) is 2. The number of fused-ring (bicyclic) bond motifs is 1. The van der Waals surface area contributed by atoms with Crippen molar-refractivity contribution >= 4 is 5.69 Å². The average Bonchev–Trinajstić information content (AvgIpc) is 2.69. The summed E-state index contributed by atoms with van der Waals surface area (Å²) in [5.41, 5.74) is 3.97. The molecule has 0 aliphatic carbocycles. The van der Waals surface area contributed by atoms with Crippen LogP contribution in [0.5, 0.6) is 0 Å². The first-order valence-corrected chi connectivity index (χ1v) is 6.99. The van der Waals surface area contributed by atoms with Crippen molar-refractivity contribution in [1.29, 1.82) is 0 Å². The third kappa shape index (κ3) is 2.41. The van der Waals surface area contributed by atoms with Gasteiger partial charge in [0.25, 0.3) is 0 Å². The predicted octanol–water partition coefficient (Wildman–Crippen LogP) is 2.92. The summed E-state index contributed by atoms with van der Waals surface area (Å²) >= 11 is 0. The van der Waals surface area contributed by atoms with Gasteiger partial charge in [-0.3, -0.25) is 0 Å². The Hall–Kier alpha value is -1.87. The van der Waals surface area contributed by atoms with Gasteiger partial charge >= 0.3 is 0 Å². The Balaban J connectivity index is 1.89. The van der Waals surface area contributed by atoms with Crippen LogP contribution in [0.4, 0.5) is 10.1 Å². The zero-order valence-electron chi connectivity index (χ0n) is 11.3. The van der Waals surface area contributed by atoms with E-state index >= 15 is 0 Å². The van der Waals surface area contributed by atoms with E-state index in [0.717, 1.165) is 31.6 Å². The minimum absolute atomic E-state index is 0.258. The molecule has 0 saturated carbocycles. The van der Waals surface area contributed by atoms with Gasteiger partial charge in [0, 0.05) is 24.3 Å². The average molecular weight is 271 g/mol. The monoisotopic (exact) mass is 271 g/mol. The van der Waals surface area contributed by atoms with E-state index in [1.807, 2.05) is 6.07 Å². The molecule has 0 aromatic heterocycles. The van der Waals surface area contributed by atoms with Gasteiger partial charge in [0.15, 0.2) is 0 Å². The second kappa shape index (κ2) is 5.63. The van der Waals surface area contributed by atoms with Crippen LogP contribution in [0.15, 0.2) is 42.5 Å². The van der Waals surface area contributed by atoms with Crippen molar-refractivity contribution in [3.05, 3.63) is 65.0 Å². The zero-order valence-corrected chi connectivity index (χ0v) is 11.3. The Morgan fingerprint density at radius 1 is 0.950 bits per heavy atom. The van der Waals surface area contributed by atoms with E-state index < -0.39 is 0 Å². The van der Waals surface area contributed by atoms with E-state index in [2.05, 4.69) is 29.2 Å². The molecule has 2 aromatic carbocycles. The molecule has 0 fully saturated rings. The number of benzene rings is 2. The third-order valence-corrected chi connectivity index (χ3v) is 4.01. The van der Waals surface area contributed by atoms with Crippen LogP contribution in [-0.4, -0.2) is 18.2 Å². The summed E-state index contributed by atoms with van der Waals surface area (Å²) in [6, 6.07) is 13.5. The number of anilines is 1. The van der Waals surface area contributed by atoms with E-state index in [1.165, 1.54) is 17.2 Å². The normalized spacial score (nSPS) is 14.8. The molecule has 0 atom stereocenters. The number of halogens is 1. The first-order valence-electron chi connectivity index (χ1n) is 6.99. The highest BCUT2D eigenvalue weighted by molar-refractivity contribution is 5.55. The van der Waals surface area contributed by atoms with Gasteiger partial charge < -0.3 is 10.0 Å². The number of aliphatic hydroxyl groups excluding tert-OH is 1. The van der Waals surface area contributed by atoms with Gasteiger partial charge in [0.1, 0.15) is 5.82 Å². The molecular weight excluding hydrogens is 253 g/mol. The first-order chi connectivity index (χ1) is 9.79. The molecule has 0 bridgehead atoms. The minimum Gasteiger partial charge on any atom is -0.391 e. The van der Waals surface area contributed by atoms with E-state index in [9.17, 15) is 9.50 Å². The molecule has 0 amide bonds. The van der Waals surface area contributed by atoms with Crippen LogP contribution in [-0.2, 0) is 19.4 Å². The lowest BCUT2D eigenvalue weighted by Gasteiger charge is -2.25. The standard InChI is InChI=1S/C17H18FNO/c18-16-6-3-7-17(15(16)12-20)19-10-8-13-4-1-2-5-14(13)9-11-19/h1-7,20H,8-12H2. The van der Waals surface area contributed by atoms with Gasteiger partial charge in [-0.2, -0.15) is 0 Å². The van der Waals surface area contributed by atoms with Crippen LogP contribution in [0.25, 0.3) is 0 Å². The molecule has 1 N–H and O–H groups in total. The molecular formula is C17H18FNO. The van der Waals surface area contributed by atoms with Crippen molar-refractivity contribution in [3.63, 3.8) is 0 Å². The fraction of sp³-hybridized carbons (Fsp3) is 0.294. The molecule has 0 spiro atoms. The summed E-state index contributed by atoms with van der Waals surface area (Å²) in [4.78, 5) is 2.18. The zero-order chi connectivity index (χ0) is 13.9. The molecule has 3 heteroatoms. The Labute approximate surface area is 118 Å². The highest BCUT2D eigenvalue weighted by Gasteiger charge is 2.17. The minimum atomic E-state index is -0.327. The van der Waals surface area contributed by atoms with Crippen LogP contribution >= 0.6 is 0 Å². The maximum atomic E-state index is 13.8. The van der Waals surface area contributed by atoms with Gasteiger partial charge in [-0.15, -0.1) is 0 Å². The quantitative estimate of drug-likeness (QED) is 0.908. The highest BCUT2D eigenvalue weighted by Crippen LogP contribution is 2.26. The first kappa shape index (κ1) is 13.1. The molecule has 1 aliphatic heterocycles. The maximum absolute atomic E-state index is 13.8. The predicted molar refractivity (Wildman–Crippen MR) is 78.4 cm³/mol. The van der Waals surface area contributed by atoms with Crippen molar-refractivity contribution in [3.8, 4) is 0 Å². The van der Waals surface area contributed by atoms with Crippen molar-refractivity contribution < 1.29 is 9.50 Å². The van der Waals surface area contributed by atoms with E-state index in [4.69, 9.17) is 0 Å². The molecule has 20 heavy (non-hydrogen) atoms. The Bertz CT molecular complexity index is 585. The number of aliphatic hydroxyl groups is 1. The van der Waals surface area contributed by atoms with Gasteiger partial charge in [0.05, 0.1) is 6.61 Å². The van der Waals surface area contributed by atoms with Crippen molar-refractivity contribution in [1.82, 2.24) is 0 Å². The lowest BCUT2D eigenvalue weighted by atomic mass is 10.0. The largest absolute Gasteiger partial charge is 0.391 e. The molecule has 0 saturated heterocycles. The van der Waals surface area contributed by atoms with Gasteiger partial charge in [-0.1, -0.05) is 30.3 Å². The molecule has 2 nitrogen and oxygen atoms in total.